The van der Waals surface area contributed by atoms with E-state index in [0.717, 1.165) is 32.1 Å². The molecule has 3 nitrogen and oxygen atoms in total. The van der Waals surface area contributed by atoms with E-state index in [0.29, 0.717) is 6.54 Å². The normalized spacial score (nSPS) is 16.9. The van der Waals surface area contributed by atoms with Crippen molar-refractivity contribution in [2.24, 2.45) is 5.73 Å². The first-order valence-corrected chi connectivity index (χ1v) is 6.32. The van der Waals surface area contributed by atoms with E-state index in [4.69, 9.17) is 5.73 Å². The van der Waals surface area contributed by atoms with Crippen molar-refractivity contribution in [3.63, 3.8) is 0 Å². The molecule has 1 saturated carbocycles. The number of halogens is 1. The number of benzene rings is 1. The zero-order valence-corrected chi connectivity index (χ0v) is 11.3. The summed E-state index contributed by atoms with van der Waals surface area (Å²) in [6.45, 7) is 0.668. The molecule has 4 heteroatoms. The van der Waals surface area contributed by atoms with E-state index in [1.165, 1.54) is 5.56 Å². The minimum absolute atomic E-state index is 0. The van der Waals surface area contributed by atoms with E-state index in [-0.39, 0.29) is 18.3 Å². The van der Waals surface area contributed by atoms with Crippen molar-refractivity contribution in [3.05, 3.63) is 35.9 Å². The molecule has 0 bridgehead atoms. The second kappa shape index (κ2) is 6.76. The molecule has 0 radical (unpaired) electrons. The number of hydrogen-bond acceptors (Lipinski definition) is 2. The van der Waals surface area contributed by atoms with Crippen LogP contribution in [0.25, 0.3) is 0 Å². The summed E-state index contributed by atoms with van der Waals surface area (Å²) in [4.78, 5) is 11.9. The van der Waals surface area contributed by atoms with Crippen LogP contribution in [0.3, 0.4) is 0 Å². The highest BCUT2D eigenvalue weighted by atomic mass is 35.5. The van der Waals surface area contributed by atoms with Gasteiger partial charge in [0.25, 0.3) is 0 Å². The van der Waals surface area contributed by atoms with Gasteiger partial charge in [0.1, 0.15) is 0 Å². The van der Waals surface area contributed by atoms with Gasteiger partial charge in [-0.1, -0.05) is 43.2 Å². The summed E-state index contributed by atoms with van der Waals surface area (Å²) >= 11 is 0. The van der Waals surface area contributed by atoms with Gasteiger partial charge in [0.15, 0.2) is 0 Å². The molecule has 2 rings (SSSR count). The van der Waals surface area contributed by atoms with Crippen molar-refractivity contribution in [2.75, 3.05) is 6.54 Å². The van der Waals surface area contributed by atoms with Crippen LogP contribution >= 0.6 is 12.4 Å². The minimum atomic E-state index is -0.601. The third-order valence-electron chi connectivity index (χ3n) is 3.49. The molecule has 1 aromatic rings. The van der Waals surface area contributed by atoms with Crippen molar-refractivity contribution in [1.82, 2.24) is 5.32 Å². The summed E-state index contributed by atoms with van der Waals surface area (Å²) in [5, 5.41) is 2.95. The predicted octanol–water partition coefficient (Wildman–Crippen LogP) is 2.04. The number of amides is 1. The van der Waals surface area contributed by atoms with Gasteiger partial charge >= 0.3 is 0 Å². The lowest BCUT2D eigenvalue weighted by Gasteiger charge is -2.22. The van der Waals surface area contributed by atoms with Crippen LogP contribution in [0, 0.1) is 0 Å². The number of carbonyl (C=O) groups excluding carboxylic acids is 1. The Morgan fingerprint density at radius 3 is 2.44 bits per heavy atom. The lowest BCUT2D eigenvalue weighted by Crippen LogP contribution is -2.52. The molecule has 1 amide bonds. The van der Waals surface area contributed by atoms with Gasteiger partial charge in [-0.3, -0.25) is 4.79 Å². The lowest BCUT2D eigenvalue weighted by molar-refractivity contribution is -0.126. The van der Waals surface area contributed by atoms with Crippen LogP contribution in [0.1, 0.15) is 31.2 Å². The fraction of sp³-hybridized carbons (Fsp3) is 0.500. The van der Waals surface area contributed by atoms with Gasteiger partial charge in [0, 0.05) is 6.54 Å². The smallest absolute Gasteiger partial charge is 0.240 e. The van der Waals surface area contributed by atoms with E-state index >= 15 is 0 Å². The zero-order chi connectivity index (χ0) is 12.1. The standard InChI is InChI=1S/C14H20N2O.ClH/c15-14(9-4-5-10-14)13(17)16-11-8-12-6-2-1-3-7-12;/h1-3,6-7H,4-5,8-11,15H2,(H,16,17);1H. The average Bonchev–Trinajstić information content (AvgIpc) is 2.79. The molecule has 0 atom stereocenters. The molecular formula is C14H21ClN2O. The Hall–Kier alpha value is -1.06. The summed E-state index contributed by atoms with van der Waals surface area (Å²) in [5.74, 6) is 0.0194. The van der Waals surface area contributed by atoms with E-state index < -0.39 is 5.54 Å². The SMILES string of the molecule is Cl.NC1(C(=O)NCCc2ccccc2)CCCC1. The van der Waals surface area contributed by atoms with E-state index in [2.05, 4.69) is 17.4 Å². The topological polar surface area (TPSA) is 55.1 Å². The zero-order valence-electron chi connectivity index (χ0n) is 10.5. The first kappa shape index (κ1) is 15.0. The summed E-state index contributed by atoms with van der Waals surface area (Å²) in [6.07, 6.45) is 4.65. The van der Waals surface area contributed by atoms with Crippen LogP contribution in [-0.2, 0) is 11.2 Å². The Labute approximate surface area is 115 Å². The number of rotatable bonds is 4. The number of carbonyl (C=O) groups is 1. The molecular weight excluding hydrogens is 248 g/mol. The highest BCUT2D eigenvalue weighted by Crippen LogP contribution is 2.27. The Kier molecular flexibility index (Phi) is 5.63. The average molecular weight is 269 g/mol. The highest BCUT2D eigenvalue weighted by molar-refractivity contribution is 5.86. The van der Waals surface area contributed by atoms with Crippen LogP contribution in [0.4, 0.5) is 0 Å². The van der Waals surface area contributed by atoms with Crippen LogP contribution in [0.15, 0.2) is 30.3 Å². The largest absolute Gasteiger partial charge is 0.354 e. The molecule has 0 saturated heterocycles. The second-order valence-electron chi connectivity index (χ2n) is 4.85. The van der Waals surface area contributed by atoms with Crippen molar-refractivity contribution in [1.29, 1.82) is 0 Å². The highest BCUT2D eigenvalue weighted by Gasteiger charge is 2.36. The van der Waals surface area contributed by atoms with Gasteiger partial charge in [-0.25, -0.2) is 0 Å². The quantitative estimate of drug-likeness (QED) is 0.878. The Morgan fingerprint density at radius 2 is 1.83 bits per heavy atom. The lowest BCUT2D eigenvalue weighted by atomic mass is 9.98. The van der Waals surface area contributed by atoms with Gasteiger partial charge in [-0.15, -0.1) is 12.4 Å². The summed E-state index contributed by atoms with van der Waals surface area (Å²) < 4.78 is 0. The molecule has 1 aromatic carbocycles. The summed E-state index contributed by atoms with van der Waals surface area (Å²) in [7, 11) is 0. The van der Waals surface area contributed by atoms with Gasteiger partial charge < -0.3 is 11.1 Å². The molecule has 0 unspecified atom stereocenters. The van der Waals surface area contributed by atoms with Crippen molar-refractivity contribution in [3.8, 4) is 0 Å². The maximum Gasteiger partial charge on any atom is 0.240 e. The summed E-state index contributed by atoms with van der Waals surface area (Å²) in [6, 6.07) is 10.2. The molecule has 100 valence electrons. The Bertz CT molecular complexity index is 375. The van der Waals surface area contributed by atoms with E-state index in [9.17, 15) is 4.79 Å². The molecule has 0 spiro atoms. The first-order valence-electron chi connectivity index (χ1n) is 6.32. The third kappa shape index (κ3) is 3.72. The predicted molar refractivity (Wildman–Crippen MR) is 75.8 cm³/mol. The maximum atomic E-state index is 11.9. The van der Waals surface area contributed by atoms with Gasteiger partial charge in [0.2, 0.25) is 5.91 Å². The fourth-order valence-electron chi connectivity index (χ4n) is 2.37. The third-order valence-corrected chi connectivity index (χ3v) is 3.49. The number of nitrogens with two attached hydrogens (primary N) is 1. The second-order valence-corrected chi connectivity index (χ2v) is 4.85. The van der Waals surface area contributed by atoms with Crippen molar-refractivity contribution < 1.29 is 4.79 Å². The Morgan fingerprint density at radius 1 is 1.22 bits per heavy atom. The molecule has 0 heterocycles. The van der Waals surface area contributed by atoms with Gasteiger partial charge in [-0.2, -0.15) is 0 Å². The van der Waals surface area contributed by atoms with Crippen molar-refractivity contribution >= 4 is 18.3 Å². The fourth-order valence-corrected chi connectivity index (χ4v) is 2.37. The van der Waals surface area contributed by atoms with Crippen LogP contribution in [-0.4, -0.2) is 18.0 Å². The van der Waals surface area contributed by atoms with Crippen molar-refractivity contribution in [2.45, 2.75) is 37.6 Å². The first-order chi connectivity index (χ1) is 8.21. The maximum absolute atomic E-state index is 11.9. The van der Waals surface area contributed by atoms with Gasteiger partial charge in [-0.05, 0) is 24.8 Å². The molecule has 0 aromatic heterocycles. The molecule has 1 aliphatic rings. The van der Waals surface area contributed by atoms with Crippen LogP contribution in [0.2, 0.25) is 0 Å². The molecule has 1 aliphatic carbocycles. The number of nitrogens with one attached hydrogen (secondary N) is 1. The van der Waals surface area contributed by atoms with Gasteiger partial charge in [0.05, 0.1) is 5.54 Å². The van der Waals surface area contributed by atoms with Crippen LogP contribution in [0.5, 0.6) is 0 Å². The molecule has 3 N–H and O–H groups in total. The number of hydrogen-bond donors (Lipinski definition) is 2. The molecule has 0 aliphatic heterocycles. The van der Waals surface area contributed by atoms with E-state index in [1.54, 1.807) is 0 Å². The summed E-state index contributed by atoms with van der Waals surface area (Å²) in [5.41, 5.74) is 6.71. The molecule has 1 fully saturated rings. The van der Waals surface area contributed by atoms with E-state index in [1.807, 2.05) is 18.2 Å². The molecule has 18 heavy (non-hydrogen) atoms. The monoisotopic (exact) mass is 268 g/mol. The Balaban J connectivity index is 0.00000162. The van der Waals surface area contributed by atoms with Crippen LogP contribution < -0.4 is 11.1 Å². The minimum Gasteiger partial charge on any atom is -0.354 e.